The minimum absolute atomic E-state index is 0.132. The van der Waals surface area contributed by atoms with E-state index in [1.54, 1.807) is 29.2 Å². The predicted molar refractivity (Wildman–Crippen MR) is 124 cm³/mol. The standard InChI is InChI=1S/C25H27N3O4/c1-4-28(15-23-26-20-9-7-6-8-19(20)25(30)27-23)24(29)11-10-17-13-22-18(12-16(3)32-22)14-21(17)31-5-2/h6-11,13-14,16H,4-5,12,15H2,1-3H3,(H,26,27,30)/b11-10+. The Bertz CT molecular complexity index is 1230. The fraction of sp³-hybridized carbons (Fsp3) is 0.320. The summed E-state index contributed by atoms with van der Waals surface area (Å²) in [6, 6.07) is 11.1. The highest BCUT2D eigenvalue weighted by molar-refractivity contribution is 5.92. The Hall–Kier alpha value is -3.61. The van der Waals surface area contributed by atoms with Gasteiger partial charge < -0.3 is 19.4 Å². The van der Waals surface area contributed by atoms with Crippen LogP contribution in [0.15, 0.2) is 47.3 Å². The summed E-state index contributed by atoms with van der Waals surface area (Å²) in [4.78, 5) is 34.1. The van der Waals surface area contributed by atoms with Gasteiger partial charge in [-0.15, -0.1) is 0 Å². The van der Waals surface area contributed by atoms with Crippen molar-refractivity contribution in [2.75, 3.05) is 13.2 Å². The summed E-state index contributed by atoms with van der Waals surface area (Å²) in [6.07, 6.45) is 4.25. The zero-order chi connectivity index (χ0) is 22.7. The Morgan fingerprint density at radius 2 is 2.12 bits per heavy atom. The van der Waals surface area contributed by atoms with Crippen molar-refractivity contribution in [2.45, 2.75) is 39.8 Å². The van der Waals surface area contributed by atoms with Crippen molar-refractivity contribution < 1.29 is 14.3 Å². The molecule has 7 heteroatoms. The molecular weight excluding hydrogens is 406 g/mol. The van der Waals surface area contributed by atoms with Crippen molar-refractivity contribution >= 4 is 22.9 Å². The molecule has 0 saturated heterocycles. The Kier molecular flexibility index (Phi) is 6.25. The number of rotatable bonds is 7. The number of hydrogen-bond donors (Lipinski definition) is 1. The van der Waals surface area contributed by atoms with Crippen LogP contribution in [-0.4, -0.2) is 40.0 Å². The Morgan fingerprint density at radius 3 is 2.91 bits per heavy atom. The van der Waals surface area contributed by atoms with Crippen LogP contribution in [0.1, 0.15) is 37.7 Å². The van der Waals surface area contributed by atoms with E-state index in [4.69, 9.17) is 9.47 Å². The molecular formula is C25H27N3O4. The van der Waals surface area contributed by atoms with Gasteiger partial charge in [0.15, 0.2) is 0 Å². The van der Waals surface area contributed by atoms with Crippen LogP contribution in [0.2, 0.25) is 0 Å². The summed E-state index contributed by atoms with van der Waals surface area (Å²) >= 11 is 0. The van der Waals surface area contributed by atoms with Gasteiger partial charge in [0.25, 0.3) is 5.56 Å². The van der Waals surface area contributed by atoms with Crippen molar-refractivity contribution in [3.05, 3.63) is 69.8 Å². The van der Waals surface area contributed by atoms with E-state index < -0.39 is 0 Å². The summed E-state index contributed by atoms with van der Waals surface area (Å²) in [6.45, 7) is 7.07. The fourth-order valence-corrected chi connectivity index (χ4v) is 3.87. The molecule has 3 aromatic rings. The van der Waals surface area contributed by atoms with Gasteiger partial charge in [-0.05, 0) is 51.1 Å². The van der Waals surface area contributed by atoms with E-state index in [1.165, 1.54) is 6.08 Å². The first-order chi connectivity index (χ1) is 15.5. The lowest BCUT2D eigenvalue weighted by molar-refractivity contribution is -0.126. The van der Waals surface area contributed by atoms with Gasteiger partial charge in [-0.25, -0.2) is 4.98 Å². The predicted octanol–water partition coefficient (Wildman–Crippen LogP) is 3.71. The second kappa shape index (κ2) is 9.26. The SMILES string of the molecule is CCOc1cc2c(cc1/C=C/C(=O)N(CC)Cc1nc3ccccc3c(=O)[nH]1)OC(C)C2. The molecule has 32 heavy (non-hydrogen) atoms. The number of nitrogens with one attached hydrogen (secondary N) is 1. The molecule has 0 saturated carbocycles. The molecule has 4 rings (SSSR count). The highest BCUT2D eigenvalue weighted by Crippen LogP contribution is 2.35. The van der Waals surface area contributed by atoms with Crippen LogP contribution in [0.3, 0.4) is 0 Å². The summed E-state index contributed by atoms with van der Waals surface area (Å²) in [5.74, 6) is 1.84. The van der Waals surface area contributed by atoms with Crippen LogP contribution in [-0.2, 0) is 17.8 Å². The van der Waals surface area contributed by atoms with Crippen LogP contribution >= 0.6 is 0 Å². The lowest BCUT2D eigenvalue weighted by Gasteiger charge is -2.18. The van der Waals surface area contributed by atoms with Gasteiger partial charge in [-0.2, -0.15) is 0 Å². The Morgan fingerprint density at radius 1 is 1.31 bits per heavy atom. The molecule has 1 atom stereocenters. The number of carbonyl (C=O) groups excluding carboxylic acids is 1. The van der Waals surface area contributed by atoms with Gasteiger partial charge >= 0.3 is 0 Å². The molecule has 2 heterocycles. The minimum Gasteiger partial charge on any atom is -0.493 e. The largest absolute Gasteiger partial charge is 0.493 e. The van der Waals surface area contributed by atoms with Crippen LogP contribution in [0.4, 0.5) is 0 Å². The van der Waals surface area contributed by atoms with Gasteiger partial charge in [0.1, 0.15) is 23.4 Å². The number of fused-ring (bicyclic) bond motifs is 2. The third-order valence-corrected chi connectivity index (χ3v) is 5.43. The molecule has 7 nitrogen and oxygen atoms in total. The zero-order valence-corrected chi connectivity index (χ0v) is 18.6. The third-order valence-electron chi connectivity index (χ3n) is 5.43. The third kappa shape index (κ3) is 4.51. The zero-order valence-electron chi connectivity index (χ0n) is 18.6. The number of likely N-dealkylation sites (N-methyl/N-ethyl adjacent to an activating group) is 1. The van der Waals surface area contributed by atoms with Gasteiger partial charge in [0, 0.05) is 30.2 Å². The van der Waals surface area contributed by atoms with E-state index in [0.717, 1.165) is 29.0 Å². The van der Waals surface area contributed by atoms with E-state index in [2.05, 4.69) is 9.97 Å². The number of aromatic amines is 1. The number of nitrogens with zero attached hydrogens (tertiary/aromatic N) is 2. The maximum atomic E-state index is 12.9. The maximum Gasteiger partial charge on any atom is 0.258 e. The maximum absolute atomic E-state index is 12.9. The van der Waals surface area contributed by atoms with Gasteiger partial charge in [-0.1, -0.05) is 12.1 Å². The summed E-state index contributed by atoms with van der Waals surface area (Å²) < 4.78 is 11.6. The number of benzene rings is 2. The highest BCUT2D eigenvalue weighted by Gasteiger charge is 2.21. The molecule has 0 spiro atoms. The number of aromatic nitrogens is 2. The van der Waals surface area contributed by atoms with E-state index in [1.807, 2.05) is 39.0 Å². The second-order valence-corrected chi connectivity index (χ2v) is 7.78. The molecule has 0 radical (unpaired) electrons. The first-order valence-corrected chi connectivity index (χ1v) is 10.9. The quantitative estimate of drug-likeness (QED) is 0.574. The summed E-state index contributed by atoms with van der Waals surface area (Å²) in [7, 11) is 0. The molecule has 1 aromatic heterocycles. The normalized spacial score (nSPS) is 15.0. The van der Waals surface area contributed by atoms with Crippen LogP contribution in [0, 0.1) is 0 Å². The minimum atomic E-state index is -0.210. The number of hydrogen-bond acceptors (Lipinski definition) is 5. The van der Waals surface area contributed by atoms with E-state index >= 15 is 0 Å². The molecule has 166 valence electrons. The van der Waals surface area contributed by atoms with Gasteiger partial charge in [0.2, 0.25) is 5.91 Å². The van der Waals surface area contributed by atoms with Crippen molar-refractivity contribution in [1.82, 2.24) is 14.9 Å². The molecule has 0 fully saturated rings. The molecule has 1 aliphatic rings. The van der Waals surface area contributed by atoms with Crippen molar-refractivity contribution in [1.29, 1.82) is 0 Å². The number of H-pyrrole nitrogens is 1. The lowest BCUT2D eigenvalue weighted by Crippen LogP contribution is -2.30. The summed E-state index contributed by atoms with van der Waals surface area (Å²) in [5, 5.41) is 0.530. The van der Waals surface area contributed by atoms with E-state index in [9.17, 15) is 9.59 Å². The van der Waals surface area contributed by atoms with Crippen LogP contribution < -0.4 is 15.0 Å². The molecule has 0 bridgehead atoms. The molecule has 2 aromatic carbocycles. The second-order valence-electron chi connectivity index (χ2n) is 7.78. The number of amides is 1. The van der Waals surface area contributed by atoms with E-state index in [0.29, 0.717) is 29.9 Å². The van der Waals surface area contributed by atoms with Crippen molar-refractivity contribution in [3.63, 3.8) is 0 Å². The van der Waals surface area contributed by atoms with E-state index in [-0.39, 0.29) is 24.1 Å². The molecule has 1 amide bonds. The first-order valence-electron chi connectivity index (χ1n) is 10.9. The average molecular weight is 434 g/mol. The van der Waals surface area contributed by atoms with Gasteiger partial charge in [0.05, 0.1) is 24.1 Å². The number of carbonyl (C=O) groups is 1. The monoisotopic (exact) mass is 433 g/mol. The average Bonchev–Trinajstić information content (AvgIpc) is 3.14. The Labute approximate surface area is 186 Å². The Balaban J connectivity index is 1.55. The van der Waals surface area contributed by atoms with Crippen LogP contribution in [0.25, 0.3) is 17.0 Å². The lowest BCUT2D eigenvalue weighted by atomic mass is 10.1. The van der Waals surface area contributed by atoms with Gasteiger partial charge in [-0.3, -0.25) is 9.59 Å². The molecule has 1 aliphatic heterocycles. The van der Waals surface area contributed by atoms with Crippen molar-refractivity contribution in [2.24, 2.45) is 0 Å². The summed E-state index contributed by atoms with van der Waals surface area (Å²) in [5.41, 5.74) is 2.31. The molecule has 0 aliphatic carbocycles. The van der Waals surface area contributed by atoms with Crippen LogP contribution in [0.5, 0.6) is 11.5 Å². The van der Waals surface area contributed by atoms with Crippen molar-refractivity contribution in [3.8, 4) is 11.5 Å². The highest BCUT2D eigenvalue weighted by atomic mass is 16.5. The smallest absolute Gasteiger partial charge is 0.258 e. The molecule has 1 N–H and O–H groups in total. The fourth-order valence-electron chi connectivity index (χ4n) is 3.87. The topological polar surface area (TPSA) is 84.5 Å². The first kappa shape index (κ1) is 21.6. The number of para-hydroxylation sites is 1. The number of ether oxygens (including phenoxy) is 2. The molecule has 1 unspecified atom stereocenters.